The van der Waals surface area contributed by atoms with Crippen molar-refractivity contribution in [2.75, 3.05) is 0 Å². The molecule has 1 amide bonds. The fourth-order valence-corrected chi connectivity index (χ4v) is 1.61. The first-order valence-electron chi connectivity index (χ1n) is 7.19. The summed E-state index contributed by atoms with van der Waals surface area (Å²) in [6.45, 7) is 0. The normalized spacial score (nSPS) is 12.7. The third kappa shape index (κ3) is 10.4. The molecule has 0 heterocycles. The third-order valence-corrected chi connectivity index (χ3v) is 2.87. The van der Waals surface area contributed by atoms with Gasteiger partial charge in [0.25, 0.3) is 0 Å². The number of benzene rings is 1. The molecule has 0 aliphatic heterocycles. The zero-order valence-electron chi connectivity index (χ0n) is 13.6. The van der Waals surface area contributed by atoms with Crippen LogP contribution in [-0.2, 0) is 25.6 Å². The van der Waals surface area contributed by atoms with Gasteiger partial charge in [0.2, 0.25) is 5.91 Å². The van der Waals surface area contributed by atoms with Crippen LogP contribution in [0, 0.1) is 0 Å². The zero-order chi connectivity index (χ0) is 21.2. The Balaban J connectivity index is 0.000000821. The van der Waals surface area contributed by atoms with E-state index in [9.17, 15) is 27.6 Å². The van der Waals surface area contributed by atoms with Crippen molar-refractivity contribution in [3.05, 3.63) is 35.9 Å². The second kappa shape index (κ2) is 10.8. The van der Waals surface area contributed by atoms with Gasteiger partial charge in [-0.05, 0) is 12.0 Å². The highest BCUT2D eigenvalue weighted by molar-refractivity contribution is 5.89. The standard InChI is InChI=1S/C13H16N2O5.C2HF3O2/c14-9(6-8-4-2-1-3-5-8)12(18)15-10(13(19)20)7-11(16)17;3-2(4,5)1(6)7/h1-5,9-10H,6-7,14H2,(H,15,18)(H,16,17)(H,19,20);(H,6,7). The van der Waals surface area contributed by atoms with Crippen LogP contribution >= 0.6 is 0 Å². The van der Waals surface area contributed by atoms with Crippen molar-refractivity contribution in [3.8, 4) is 0 Å². The zero-order valence-corrected chi connectivity index (χ0v) is 13.6. The predicted octanol–water partition coefficient (Wildman–Crippen LogP) is 0.234. The number of carboxylic acids is 3. The van der Waals surface area contributed by atoms with Crippen molar-refractivity contribution >= 4 is 23.8 Å². The fraction of sp³-hybridized carbons (Fsp3) is 0.333. The number of rotatable bonds is 7. The molecule has 1 aromatic rings. The fourth-order valence-electron chi connectivity index (χ4n) is 1.61. The number of alkyl halides is 3. The molecule has 0 aliphatic rings. The van der Waals surface area contributed by atoms with Crippen molar-refractivity contribution in [1.82, 2.24) is 5.32 Å². The van der Waals surface area contributed by atoms with Gasteiger partial charge in [0, 0.05) is 0 Å². The van der Waals surface area contributed by atoms with E-state index in [2.05, 4.69) is 5.32 Å². The average Bonchev–Trinajstić information content (AvgIpc) is 2.54. The van der Waals surface area contributed by atoms with Crippen LogP contribution in [0.5, 0.6) is 0 Å². The summed E-state index contributed by atoms with van der Waals surface area (Å²) >= 11 is 0. The van der Waals surface area contributed by atoms with Gasteiger partial charge in [-0.15, -0.1) is 0 Å². The maximum atomic E-state index is 11.8. The first-order valence-corrected chi connectivity index (χ1v) is 7.19. The molecule has 6 N–H and O–H groups in total. The molecule has 0 fully saturated rings. The van der Waals surface area contributed by atoms with Crippen LogP contribution in [-0.4, -0.2) is 57.4 Å². The third-order valence-electron chi connectivity index (χ3n) is 2.87. The van der Waals surface area contributed by atoms with E-state index >= 15 is 0 Å². The lowest BCUT2D eigenvalue weighted by Crippen LogP contribution is -2.49. The van der Waals surface area contributed by atoms with Gasteiger partial charge >= 0.3 is 24.1 Å². The second-order valence-electron chi connectivity index (χ2n) is 5.10. The van der Waals surface area contributed by atoms with Crippen molar-refractivity contribution < 1.29 is 47.7 Å². The number of carbonyl (C=O) groups is 4. The maximum absolute atomic E-state index is 11.8. The number of halogens is 3. The summed E-state index contributed by atoms with van der Waals surface area (Å²) in [6.07, 6.45) is -5.54. The van der Waals surface area contributed by atoms with Gasteiger partial charge in [-0.3, -0.25) is 9.59 Å². The van der Waals surface area contributed by atoms with Crippen molar-refractivity contribution in [1.29, 1.82) is 0 Å². The van der Waals surface area contributed by atoms with Crippen LogP contribution in [0.1, 0.15) is 12.0 Å². The Labute approximate surface area is 150 Å². The Morgan fingerprint density at radius 3 is 1.89 bits per heavy atom. The minimum absolute atomic E-state index is 0.242. The van der Waals surface area contributed by atoms with Gasteiger partial charge in [-0.1, -0.05) is 30.3 Å². The minimum Gasteiger partial charge on any atom is -0.481 e. The average molecular weight is 394 g/mol. The predicted molar refractivity (Wildman–Crippen MR) is 83.6 cm³/mol. The summed E-state index contributed by atoms with van der Waals surface area (Å²) < 4.78 is 31.7. The molecule has 0 radical (unpaired) electrons. The van der Waals surface area contributed by atoms with Crippen LogP contribution in [0.2, 0.25) is 0 Å². The smallest absolute Gasteiger partial charge is 0.481 e. The first kappa shape index (κ1) is 23.9. The van der Waals surface area contributed by atoms with Crippen LogP contribution in [0.3, 0.4) is 0 Å². The molecule has 150 valence electrons. The maximum Gasteiger partial charge on any atom is 0.490 e. The van der Waals surface area contributed by atoms with Gasteiger partial charge < -0.3 is 26.4 Å². The van der Waals surface area contributed by atoms with Crippen LogP contribution < -0.4 is 11.1 Å². The van der Waals surface area contributed by atoms with Crippen LogP contribution in [0.4, 0.5) is 13.2 Å². The van der Waals surface area contributed by atoms with Crippen LogP contribution in [0.25, 0.3) is 0 Å². The van der Waals surface area contributed by atoms with Gasteiger partial charge in [-0.2, -0.15) is 13.2 Å². The summed E-state index contributed by atoms with van der Waals surface area (Å²) in [4.78, 5) is 42.0. The Hall–Kier alpha value is -3.15. The monoisotopic (exact) mass is 394 g/mol. The Bertz CT molecular complexity index is 665. The van der Waals surface area contributed by atoms with Crippen molar-refractivity contribution in [3.63, 3.8) is 0 Å². The SMILES string of the molecule is NC(Cc1ccccc1)C(=O)NC(CC(=O)O)C(=O)O.O=C(O)C(F)(F)F. The summed E-state index contributed by atoms with van der Waals surface area (Å²) in [5.41, 5.74) is 6.51. The molecule has 1 rings (SSSR count). The molecule has 9 nitrogen and oxygen atoms in total. The number of amides is 1. The lowest BCUT2D eigenvalue weighted by atomic mass is 10.1. The molecule has 2 unspecified atom stereocenters. The molecule has 27 heavy (non-hydrogen) atoms. The molecule has 0 spiro atoms. The van der Waals surface area contributed by atoms with E-state index in [1.54, 1.807) is 24.3 Å². The largest absolute Gasteiger partial charge is 0.490 e. The quantitative estimate of drug-likeness (QED) is 0.438. The van der Waals surface area contributed by atoms with Crippen molar-refractivity contribution in [2.24, 2.45) is 5.73 Å². The first-order chi connectivity index (χ1) is 12.3. The Morgan fingerprint density at radius 1 is 1.04 bits per heavy atom. The minimum atomic E-state index is -5.08. The molecule has 2 atom stereocenters. The Kier molecular flexibility index (Phi) is 9.50. The number of hydrogen-bond acceptors (Lipinski definition) is 5. The molecular formula is C15H17F3N2O7. The number of nitrogens with two attached hydrogens (primary N) is 1. The van der Waals surface area contributed by atoms with Gasteiger partial charge in [0.1, 0.15) is 6.04 Å². The summed E-state index contributed by atoms with van der Waals surface area (Å²) in [5, 5.41) is 26.6. The van der Waals surface area contributed by atoms with Gasteiger partial charge in [-0.25, -0.2) is 9.59 Å². The molecule has 12 heteroatoms. The molecule has 0 saturated heterocycles. The summed E-state index contributed by atoms with van der Waals surface area (Å²) in [7, 11) is 0. The number of carbonyl (C=O) groups excluding carboxylic acids is 1. The van der Waals surface area contributed by atoms with E-state index in [4.69, 9.17) is 25.8 Å². The van der Waals surface area contributed by atoms with Crippen LogP contribution in [0.15, 0.2) is 30.3 Å². The van der Waals surface area contributed by atoms with E-state index in [1.807, 2.05) is 6.07 Å². The number of carboxylic acid groups (broad SMARTS) is 3. The van der Waals surface area contributed by atoms with E-state index in [0.717, 1.165) is 5.56 Å². The molecule has 1 aromatic carbocycles. The topological polar surface area (TPSA) is 167 Å². The molecular weight excluding hydrogens is 377 g/mol. The van der Waals surface area contributed by atoms with E-state index in [-0.39, 0.29) is 6.42 Å². The molecule has 0 aliphatic carbocycles. The van der Waals surface area contributed by atoms with Gasteiger partial charge in [0.15, 0.2) is 0 Å². The highest BCUT2D eigenvalue weighted by Crippen LogP contribution is 2.13. The van der Waals surface area contributed by atoms with Gasteiger partial charge in [0.05, 0.1) is 12.5 Å². The number of hydrogen-bond donors (Lipinski definition) is 5. The highest BCUT2D eigenvalue weighted by atomic mass is 19.4. The lowest BCUT2D eigenvalue weighted by Gasteiger charge is -2.16. The van der Waals surface area contributed by atoms with Crippen molar-refractivity contribution in [2.45, 2.75) is 31.1 Å². The summed E-state index contributed by atoms with van der Waals surface area (Å²) in [6, 6.07) is 6.57. The van der Waals surface area contributed by atoms with E-state index in [0.29, 0.717) is 0 Å². The lowest BCUT2D eigenvalue weighted by molar-refractivity contribution is -0.192. The Morgan fingerprint density at radius 2 is 1.52 bits per heavy atom. The summed E-state index contributed by atoms with van der Waals surface area (Å²) in [5.74, 6) is -6.17. The van der Waals surface area contributed by atoms with E-state index in [1.165, 1.54) is 0 Å². The highest BCUT2D eigenvalue weighted by Gasteiger charge is 2.38. The number of aliphatic carboxylic acids is 3. The molecule has 0 saturated carbocycles. The molecule has 0 bridgehead atoms. The number of nitrogens with one attached hydrogen (secondary N) is 1. The van der Waals surface area contributed by atoms with E-state index < -0.39 is 48.5 Å². The second-order valence-corrected chi connectivity index (χ2v) is 5.10. The molecule has 0 aromatic heterocycles.